The maximum Gasteiger partial charge on any atom is 0.227 e. The topological polar surface area (TPSA) is 44.1 Å². The molecule has 1 amide bonds. The van der Waals surface area contributed by atoms with E-state index in [0.29, 0.717) is 12.8 Å². The molecule has 1 aromatic carbocycles. The maximum absolute atomic E-state index is 11.6. The van der Waals surface area contributed by atoms with E-state index < -0.39 is 0 Å². The zero-order chi connectivity index (χ0) is 13.0. The second kappa shape index (κ2) is 5.68. The summed E-state index contributed by atoms with van der Waals surface area (Å²) in [5, 5.41) is 8.49. The lowest BCUT2D eigenvalue weighted by Crippen LogP contribution is -2.31. The van der Waals surface area contributed by atoms with Gasteiger partial charge in [-0.2, -0.15) is 5.26 Å². The van der Waals surface area contributed by atoms with E-state index in [1.165, 1.54) is 11.1 Å². The molecule has 1 heterocycles. The van der Waals surface area contributed by atoms with Gasteiger partial charge in [-0.3, -0.25) is 4.79 Å². The molecule has 0 aromatic heterocycles. The number of carbonyl (C=O) groups is 1. The molecule has 2 rings (SSSR count). The Morgan fingerprint density at radius 2 is 2.17 bits per heavy atom. The van der Waals surface area contributed by atoms with Crippen LogP contribution in [0.2, 0.25) is 0 Å². The summed E-state index contributed by atoms with van der Waals surface area (Å²) in [6.07, 6.45) is 5.15. The lowest BCUT2D eigenvalue weighted by Gasteiger charge is -2.26. The van der Waals surface area contributed by atoms with E-state index in [9.17, 15) is 4.79 Å². The summed E-state index contributed by atoms with van der Waals surface area (Å²) in [5.41, 5.74) is 3.64. The Labute approximate surface area is 108 Å². The molecular weight excluding hydrogens is 224 g/mol. The summed E-state index contributed by atoms with van der Waals surface area (Å²) in [6.45, 7) is 0. The fraction of sp³-hybridized carbons (Fsp3) is 0.467. The number of aryl methyl sites for hydroxylation is 2. The van der Waals surface area contributed by atoms with E-state index >= 15 is 0 Å². The van der Waals surface area contributed by atoms with Crippen LogP contribution in [0.25, 0.3) is 0 Å². The van der Waals surface area contributed by atoms with Crippen molar-refractivity contribution in [3.63, 3.8) is 0 Å². The van der Waals surface area contributed by atoms with Crippen LogP contribution in [0, 0.1) is 11.3 Å². The summed E-state index contributed by atoms with van der Waals surface area (Å²) < 4.78 is 0. The van der Waals surface area contributed by atoms with E-state index in [2.05, 4.69) is 18.2 Å². The van der Waals surface area contributed by atoms with Gasteiger partial charge >= 0.3 is 0 Å². The smallest absolute Gasteiger partial charge is 0.227 e. The molecule has 1 aliphatic heterocycles. The molecule has 18 heavy (non-hydrogen) atoms. The van der Waals surface area contributed by atoms with Gasteiger partial charge in [0.05, 0.1) is 6.07 Å². The highest BCUT2D eigenvalue weighted by Gasteiger charge is 2.20. The minimum Gasteiger partial charge on any atom is -0.315 e. The van der Waals surface area contributed by atoms with E-state index in [0.717, 1.165) is 31.4 Å². The van der Waals surface area contributed by atoms with Crippen LogP contribution < -0.4 is 4.90 Å². The lowest BCUT2D eigenvalue weighted by atomic mass is 9.97. The quantitative estimate of drug-likeness (QED) is 0.762. The Morgan fingerprint density at radius 3 is 2.94 bits per heavy atom. The normalized spacial score (nSPS) is 14.2. The van der Waals surface area contributed by atoms with Gasteiger partial charge in [-0.1, -0.05) is 12.1 Å². The highest BCUT2D eigenvalue weighted by molar-refractivity contribution is 5.95. The standard InChI is InChI=1S/C15H18N2O/c1-17-14-8-6-12(5-3-2-4-10-16)11-13(14)7-9-15(17)18/h6,8,11H,2-5,7,9H2,1H3. The predicted molar refractivity (Wildman–Crippen MR) is 71.3 cm³/mol. The largest absolute Gasteiger partial charge is 0.315 e. The molecule has 3 nitrogen and oxygen atoms in total. The number of carbonyl (C=O) groups excluding carboxylic acids is 1. The molecule has 1 aliphatic rings. The van der Waals surface area contributed by atoms with Crippen molar-refractivity contribution >= 4 is 11.6 Å². The number of anilines is 1. The van der Waals surface area contributed by atoms with Gasteiger partial charge in [-0.15, -0.1) is 0 Å². The Balaban J connectivity index is 2.04. The molecule has 0 spiro atoms. The van der Waals surface area contributed by atoms with Crippen LogP contribution in [-0.2, 0) is 17.6 Å². The van der Waals surface area contributed by atoms with Crippen LogP contribution in [0.4, 0.5) is 5.69 Å². The van der Waals surface area contributed by atoms with Crippen molar-refractivity contribution in [1.82, 2.24) is 0 Å². The first kappa shape index (κ1) is 12.6. The molecule has 94 valence electrons. The number of amides is 1. The molecule has 0 unspecified atom stereocenters. The molecule has 0 bridgehead atoms. The third kappa shape index (κ3) is 2.70. The van der Waals surface area contributed by atoms with Gasteiger partial charge < -0.3 is 4.90 Å². The molecule has 1 aromatic rings. The molecule has 0 N–H and O–H groups in total. The molecule has 0 radical (unpaired) electrons. The lowest BCUT2D eigenvalue weighted by molar-refractivity contribution is -0.118. The number of nitriles is 1. The minimum absolute atomic E-state index is 0.198. The van der Waals surface area contributed by atoms with Crippen LogP contribution in [0.5, 0.6) is 0 Å². The first-order valence-electron chi connectivity index (χ1n) is 6.47. The second-order valence-corrected chi connectivity index (χ2v) is 4.78. The van der Waals surface area contributed by atoms with Gasteiger partial charge in [0.25, 0.3) is 0 Å². The molecular formula is C15H18N2O. The van der Waals surface area contributed by atoms with Crippen LogP contribution in [0.3, 0.4) is 0 Å². The maximum atomic E-state index is 11.6. The molecule has 0 saturated carbocycles. The number of rotatable bonds is 4. The highest BCUT2D eigenvalue weighted by atomic mass is 16.2. The van der Waals surface area contributed by atoms with Gasteiger partial charge in [-0.05, 0) is 42.9 Å². The predicted octanol–water partition coefficient (Wildman–Crippen LogP) is 2.83. The summed E-state index contributed by atoms with van der Waals surface area (Å²) in [5.74, 6) is 0.198. The van der Waals surface area contributed by atoms with Gasteiger partial charge in [0.15, 0.2) is 0 Å². The number of unbranched alkanes of at least 4 members (excludes halogenated alkanes) is 2. The van der Waals surface area contributed by atoms with Crippen molar-refractivity contribution in [1.29, 1.82) is 5.26 Å². The number of nitrogens with zero attached hydrogens (tertiary/aromatic N) is 2. The van der Waals surface area contributed by atoms with Crippen molar-refractivity contribution in [2.24, 2.45) is 0 Å². The molecule has 0 saturated heterocycles. The van der Waals surface area contributed by atoms with Gasteiger partial charge in [0.1, 0.15) is 0 Å². The number of hydrogen-bond donors (Lipinski definition) is 0. The number of benzene rings is 1. The zero-order valence-electron chi connectivity index (χ0n) is 10.8. The van der Waals surface area contributed by atoms with Gasteiger partial charge in [0, 0.05) is 25.6 Å². The first-order valence-corrected chi connectivity index (χ1v) is 6.47. The zero-order valence-corrected chi connectivity index (χ0v) is 10.8. The molecule has 3 heteroatoms. The third-order valence-corrected chi connectivity index (χ3v) is 3.49. The molecule has 0 aliphatic carbocycles. The van der Waals surface area contributed by atoms with Crippen molar-refractivity contribution in [2.45, 2.75) is 38.5 Å². The van der Waals surface area contributed by atoms with Crippen LogP contribution in [0.1, 0.15) is 36.8 Å². The number of hydrogen-bond acceptors (Lipinski definition) is 2. The van der Waals surface area contributed by atoms with E-state index in [1.54, 1.807) is 4.90 Å². The summed E-state index contributed by atoms with van der Waals surface area (Å²) >= 11 is 0. The molecule has 0 atom stereocenters. The van der Waals surface area contributed by atoms with Crippen LogP contribution in [-0.4, -0.2) is 13.0 Å². The summed E-state index contributed by atoms with van der Waals surface area (Å²) in [6, 6.07) is 8.53. The third-order valence-electron chi connectivity index (χ3n) is 3.49. The average Bonchev–Trinajstić information content (AvgIpc) is 2.39. The summed E-state index contributed by atoms with van der Waals surface area (Å²) in [7, 11) is 1.84. The fourth-order valence-electron chi connectivity index (χ4n) is 2.40. The van der Waals surface area contributed by atoms with Crippen molar-refractivity contribution in [3.05, 3.63) is 29.3 Å². The van der Waals surface area contributed by atoms with E-state index in [4.69, 9.17) is 5.26 Å². The summed E-state index contributed by atoms with van der Waals surface area (Å²) in [4.78, 5) is 13.3. The van der Waals surface area contributed by atoms with Gasteiger partial charge in [0.2, 0.25) is 5.91 Å². The highest BCUT2D eigenvalue weighted by Crippen LogP contribution is 2.27. The number of fused-ring (bicyclic) bond motifs is 1. The van der Waals surface area contributed by atoms with E-state index in [1.807, 2.05) is 13.1 Å². The second-order valence-electron chi connectivity index (χ2n) is 4.78. The van der Waals surface area contributed by atoms with Crippen molar-refractivity contribution in [3.8, 4) is 6.07 Å². The average molecular weight is 242 g/mol. The monoisotopic (exact) mass is 242 g/mol. The van der Waals surface area contributed by atoms with E-state index in [-0.39, 0.29) is 5.91 Å². The van der Waals surface area contributed by atoms with Crippen molar-refractivity contribution in [2.75, 3.05) is 11.9 Å². The fourth-order valence-corrected chi connectivity index (χ4v) is 2.40. The Morgan fingerprint density at radius 1 is 1.33 bits per heavy atom. The minimum atomic E-state index is 0.198. The van der Waals surface area contributed by atoms with Gasteiger partial charge in [-0.25, -0.2) is 0 Å². The Bertz CT molecular complexity index is 488. The SMILES string of the molecule is CN1C(=O)CCc2cc(CCCCC#N)ccc21. The van der Waals surface area contributed by atoms with Crippen molar-refractivity contribution < 1.29 is 4.79 Å². The Hall–Kier alpha value is -1.82. The molecule has 0 fully saturated rings. The first-order chi connectivity index (χ1) is 8.72. The Kier molecular flexibility index (Phi) is 3.99. The van der Waals surface area contributed by atoms with Crippen LogP contribution in [0.15, 0.2) is 18.2 Å². The van der Waals surface area contributed by atoms with Crippen LogP contribution >= 0.6 is 0 Å².